The van der Waals surface area contributed by atoms with E-state index < -0.39 is 0 Å². The van der Waals surface area contributed by atoms with Gasteiger partial charge in [-0.1, -0.05) is 24.3 Å². The summed E-state index contributed by atoms with van der Waals surface area (Å²) in [4.78, 5) is 0. The zero-order valence-electron chi connectivity index (χ0n) is 11.7. The highest BCUT2D eigenvalue weighted by molar-refractivity contribution is 5.44. The van der Waals surface area contributed by atoms with E-state index in [1.54, 1.807) is 6.07 Å². The van der Waals surface area contributed by atoms with E-state index in [0.29, 0.717) is 0 Å². The minimum Gasteiger partial charge on any atom is -0.487 e. The van der Waals surface area contributed by atoms with Crippen molar-refractivity contribution < 1.29 is 9.13 Å². The lowest BCUT2D eigenvalue weighted by Gasteiger charge is -2.16. The third-order valence-electron chi connectivity index (χ3n) is 3.65. The van der Waals surface area contributed by atoms with Crippen molar-refractivity contribution in [2.75, 3.05) is 0 Å². The van der Waals surface area contributed by atoms with Crippen LogP contribution in [0.2, 0.25) is 0 Å². The Labute approximate surface area is 118 Å². The Bertz CT molecular complexity index is 651. The summed E-state index contributed by atoms with van der Waals surface area (Å²) in [5, 5.41) is 0. The van der Waals surface area contributed by atoms with Crippen LogP contribution in [0, 0.1) is 5.82 Å². The second-order valence-electron chi connectivity index (χ2n) is 5.94. The zero-order chi connectivity index (χ0) is 14.3. The third kappa shape index (κ3) is 2.41. The average Bonchev–Trinajstić information content (AvgIpc) is 2.70. The van der Waals surface area contributed by atoms with Gasteiger partial charge in [-0.3, -0.25) is 0 Å². The van der Waals surface area contributed by atoms with Crippen molar-refractivity contribution in [2.45, 2.75) is 31.9 Å². The number of rotatable bonds is 2. The average molecular weight is 271 g/mol. The SMILES string of the molecule is CC1(C)Cc2cc(C(N)c3cccc(F)c3)ccc2O1. The second-order valence-corrected chi connectivity index (χ2v) is 5.94. The monoisotopic (exact) mass is 271 g/mol. The molecule has 20 heavy (non-hydrogen) atoms. The van der Waals surface area contributed by atoms with E-state index in [-0.39, 0.29) is 17.5 Å². The van der Waals surface area contributed by atoms with E-state index in [4.69, 9.17) is 10.5 Å². The highest BCUT2D eigenvalue weighted by atomic mass is 19.1. The molecule has 0 spiro atoms. The number of hydrogen-bond donors (Lipinski definition) is 1. The molecule has 1 aliphatic heterocycles. The summed E-state index contributed by atoms with van der Waals surface area (Å²) in [6, 6.07) is 12.1. The van der Waals surface area contributed by atoms with Crippen LogP contribution < -0.4 is 10.5 Å². The fraction of sp³-hybridized carbons (Fsp3) is 0.294. The van der Waals surface area contributed by atoms with Gasteiger partial charge in [-0.15, -0.1) is 0 Å². The van der Waals surface area contributed by atoms with Crippen LogP contribution >= 0.6 is 0 Å². The van der Waals surface area contributed by atoms with Crippen molar-refractivity contribution in [1.29, 1.82) is 0 Å². The van der Waals surface area contributed by atoms with E-state index in [0.717, 1.165) is 23.3 Å². The van der Waals surface area contributed by atoms with Gasteiger partial charge in [-0.05, 0) is 48.7 Å². The summed E-state index contributed by atoms with van der Waals surface area (Å²) in [5.74, 6) is 0.661. The van der Waals surface area contributed by atoms with Crippen LogP contribution in [0.1, 0.15) is 36.6 Å². The van der Waals surface area contributed by atoms with Crippen molar-refractivity contribution in [3.63, 3.8) is 0 Å². The maximum absolute atomic E-state index is 13.3. The first-order valence-corrected chi connectivity index (χ1v) is 6.77. The summed E-state index contributed by atoms with van der Waals surface area (Å²) in [5.41, 5.74) is 9.01. The van der Waals surface area contributed by atoms with Gasteiger partial charge in [0.05, 0.1) is 6.04 Å². The van der Waals surface area contributed by atoms with E-state index in [2.05, 4.69) is 19.9 Å². The lowest BCUT2D eigenvalue weighted by atomic mass is 9.95. The van der Waals surface area contributed by atoms with Crippen LogP contribution in [0.5, 0.6) is 5.75 Å². The van der Waals surface area contributed by atoms with Crippen LogP contribution in [0.25, 0.3) is 0 Å². The maximum atomic E-state index is 13.3. The smallest absolute Gasteiger partial charge is 0.123 e. The predicted molar refractivity (Wildman–Crippen MR) is 77.3 cm³/mol. The van der Waals surface area contributed by atoms with Crippen LogP contribution in [0.4, 0.5) is 4.39 Å². The summed E-state index contributed by atoms with van der Waals surface area (Å²) >= 11 is 0. The molecule has 3 rings (SSSR count). The molecular weight excluding hydrogens is 253 g/mol. The van der Waals surface area contributed by atoms with Gasteiger partial charge in [0, 0.05) is 6.42 Å². The van der Waals surface area contributed by atoms with E-state index in [1.807, 2.05) is 18.2 Å². The van der Waals surface area contributed by atoms with Gasteiger partial charge in [0.25, 0.3) is 0 Å². The molecule has 0 aromatic heterocycles. The standard InChI is InChI=1S/C17H18FNO/c1-17(2)10-13-8-12(6-7-15(13)20-17)16(19)11-4-3-5-14(18)9-11/h3-9,16H,10,19H2,1-2H3. The van der Waals surface area contributed by atoms with Crippen LogP contribution in [0.15, 0.2) is 42.5 Å². The molecule has 0 saturated heterocycles. The number of fused-ring (bicyclic) bond motifs is 1. The molecule has 2 N–H and O–H groups in total. The number of benzene rings is 2. The first-order chi connectivity index (χ1) is 9.44. The molecule has 0 radical (unpaired) electrons. The predicted octanol–water partition coefficient (Wildman–Crippen LogP) is 3.59. The van der Waals surface area contributed by atoms with Crippen LogP contribution in [0.3, 0.4) is 0 Å². The molecule has 0 saturated carbocycles. The van der Waals surface area contributed by atoms with Crippen LogP contribution in [-0.2, 0) is 6.42 Å². The number of halogens is 1. The Balaban J connectivity index is 1.93. The normalized spacial score (nSPS) is 17.4. The van der Waals surface area contributed by atoms with Crippen molar-refractivity contribution in [2.24, 2.45) is 5.73 Å². The van der Waals surface area contributed by atoms with Gasteiger partial charge < -0.3 is 10.5 Å². The van der Waals surface area contributed by atoms with E-state index in [1.165, 1.54) is 17.7 Å². The Kier molecular flexibility index (Phi) is 3.02. The third-order valence-corrected chi connectivity index (χ3v) is 3.65. The minimum absolute atomic E-state index is 0.163. The molecule has 1 unspecified atom stereocenters. The van der Waals surface area contributed by atoms with Crippen molar-refractivity contribution in [3.05, 3.63) is 65.0 Å². The Hall–Kier alpha value is -1.87. The molecule has 1 aliphatic rings. The fourth-order valence-corrected chi connectivity index (χ4v) is 2.72. The Morgan fingerprint density at radius 2 is 1.90 bits per heavy atom. The largest absolute Gasteiger partial charge is 0.487 e. The minimum atomic E-state index is -0.320. The van der Waals surface area contributed by atoms with Crippen molar-refractivity contribution >= 4 is 0 Å². The molecule has 1 atom stereocenters. The molecule has 0 aliphatic carbocycles. The fourth-order valence-electron chi connectivity index (χ4n) is 2.72. The van der Waals surface area contributed by atoms with Gasteiger partial charge in [-0.2, -0.15) is 0 Å². The van der Waals surface area contributed by atoms with Gasteiger partial charge in [0.1, 0.15) is 17.2 Å². The zero-order valence-corrected chi connectivity index (χ0v) is 11.7. The topological polar surface area (TPSA) is 35.2 Å². The van der Waals surface area contributed by atoms with Gasteiger partial charge in [0.2, 0.25) is 0 Å². The molecule has 1 heterocycles. The highest BCUT2D eigenvalue weighted by Gasteiger charge is 2.30. The molecule has 3 heteroatoms. The molecule has 0 amide bonds. The Morgan fingerprint density at radius 3 is 2.65 bits per heavy atom. The molecule has 2 aromatic rings. The second kappa shape index (κ2) is 4.60. The molecule has 104 valence electrons. The van der Waals surface area contributed by atoms with Gasteiger partial charge in [0.15, 0.2) is 0 Å². The quantitative estimate of drug-likeness (QED) is 0.906. The lowest BCUT2D eigenvalue weighted by Crippen LogP contribution is -2.24. The molecule has 0 fully saturated rings. The summed E-state index contributed by atoms with van der Waals surface area (Å²) < 4.78 is 19.1. The maximum Gasteiger partial charge on any atom is 0.123 e. The summed E-state index contributed by atoms with van der Waals surface area (Å²) in [6.07, 6.45) is 0.867. The van der Waals surface area contributed by atoms with Crippen molar-refractivity contribution in [3.8, 4) is 5.75 Å². The molecule has 2 aromatic carbocycles. The van der Waals surface area contributed by atoms with Crippen LogP contribution in [-0.4, -0.2) is 5.60 Å². The van der Waals surface area contributed by atoms with Gasteiger partial charge >= 0.3 is 0 Å². The summed E-state index contributed by atoms with van der Waals surface area (Å²) in [6.45, 7) is 4.14. The number of nitrogens with two attached hydrogens (primary N) is 1. The number of hydrogen-bond acceptors (Lipinski definition) is 2. The Morgan fingerprint density at radius 1 is 1.15 bits per heavy atom. The summed E-state index contributed by atoms with van der Waals surface area (Å²) in [7, 11) is 0. The first-order valence-electron chi connectivity index (χ1n) is 6.77. The molecule has 2 nitrogen and oxygen atoms in total. The first kappa shape index (κ1) is 13.1. The van der Waals surface area contributed by atoms with E-state index in [9.17, 15) is 4.39 Å². The number of ether oxygens (including phenoxy) is 1. The highest BCUT2D eigenvalue weighted by Crippen LogP contribution is 2.36. The van der Waals surface area contributed by atoms with Crippen molar-refractivity contribution in [1.82, 2.24) is 0 Å². The lowest BCUT2D eigenvalue weighted by molar-refractivity contribution is 0.138. The molecule has 0 bridgehead atoms. The van der Waals surface area contributed by atoms with Gasteiger partial charge in [-0.25, -0.2) is 4.39 Å². The molecular formula is C17H18FNO. The van der Waals surface area contributed by atoms with E-state index >= 15 is 0 Å².